The van der Waals surface area contributed by atoms with Crippen molar-refractivity contribution in [3.63, 3.8) is 0 Å². The van der Waals surface area contributed by atoms with Crippen LogP contribution in [-0.2, 0) is 9.59 Å². The minimum Gasteiger partial charge on any atom is -0.481 e. The van der Waals surface area contributed by atoms with Crippen molar-refractivity contribution in [2.24, 2.45) is 5.73 Å². The highest BCUT2D eigenvalue weighted by molar-refractivity contribution is 6.04. The predicted octanol–water partition coefficient (Wildman–Crippen LogP) is 0.897. The molecule has 0 fully saturated rings. The fraction of sp³-hybridized carbons (Fsp3) is 0.250. The van der Waals surface area contributed by atoms with E-state index in [0.29, 0.717) is 11.3 Å². The van der Waals surface area contributed by atoms with Crippen LogP contribution in [0.5, 0.6) is 0 Å². The van der Waals surface area contributed by atoms with E-state index >= 15 is 0 Å². The number of carboxylic acid groups (broad SMARTS) is 1. The smallest absolute Gasteiger partial charge is 0.303 e. The van der Waals surface area contributed by atoms with E-state index in [4.69, 9.17) is 10.8 Å². The number of hydrogen-bond acceptors (Lipinski definition) is 3. The Morgan fingerprint density at radius 2 is 1.94 bits per heavy atom. The second-order valence-electron chi connectivity index (χ2n) is 3.80. The minimum atomic E-state index is -1.05. The van der Waals surface area contributed by atoms with E-state index in [9.17, 15) is 14.4 Å². The van der Waals surface area contributed by atoms with Gasteiger partial charge in [-0.25, -0.2) is 0 Å². The lowest BCUT2D eigenvalue weighted by atomic mass is 10.1. The number of nitrogens with one attached hydrogen (secondary N) is 1. The number of carbonyl (C=O) groups excluding carboxylic acids is 2. The Hall–Kier alpha value is -2.37. The van der Waals surface area contributed by atoms with Gasteiger partial charge in [0.15, 0.2) is 0 Å². The molecule has 1 aromatic rings. The molecular weight excluding hydrogens is 236 g/mol. The van der Waals surface area contributed by atoms with Crippen LogP contribution in [0.3, 0.4) is 0 Å². The molecule has 0 aliphatic rings. The maximum absolute atomic E-state index is 11.5. The third-order valence-corrected chi connectivity index (χ3v) is 2.36. The molecule has 96 valence electrons. The van der Waals surface area contributed by atoms with Crippen LogP contribution in [0.2, 0.25) is 0 Å². The number of primary amides is 1. The van der Waals surface area contributed by atoms with Crippen molar-refractivity contribution in [1.82, 2.24) is 0 Å². The molecule has 0 atom stereocenters. The lowest BCUT2D eigenvalue weighted by molar-refractivity contribution is -0.138. The summed E-state index contributed by atoms with van der Waals surface area (Å²) in [6, 6.07) is 4.92. The minimum absolute atomic E-state index is 0.151. The number of benzene rings is 1. The molecule has 2 amide bonds. The van der Waals surface area contributed by atoms with Gasteiger partial charge in [-0.15, -0.1) is 0 Å². The normalized spacial score (nSPS) is 9.83. The Kier molecular flexibility index (Phi) is 4.42. The molecular formula is C12H14N2O4. The number of aliphatic carboxylic acids is 1. The van der Waals surface area contributed by atoms with E-state index in [-0.39, 0.29) is 18.4 Å². The summed E-state index contributed by atoms with van der Waals surface area (Å²) < 4.78 is 0. The number of nitrogens with two attached hydrogens (primary N) is 1. The quantitative estimate of drug-likeness (QED) is 0.721. The number of amides is 2. The second kappa shape index (κ2) is 5.81. The molecule has 0 unspecified atom stereocenters. The first-order valence-corrected chi connectivity index (χ1v) is 5.33. The van der Waals surface area contributed by atoms with Gasteiger partial charge in [-0.1, -0.05) is 12.1 Å². The van der Waals surface area contributed by atoms with Gasteiger partial charge in [0.1, 0.15) is 0 Å². The highest BCUT2D eigenvalue weighted by atomic mass is 16.4. The number of anilines is 1. The number of hydrogen-bond donors (Lipinski definition) is 3. The fourth-order valence-electron chi connectivity index (χ4n) is 1.53. The number of rotatable bonds is 5. The predicted molar refractivity (Wildman–Crippen MR) is 65.2 cm³/mol. The lowest BCUT2D eigenvalue weighted by Crippen LogP contribution is -2.19. The van der Waals surface area contributed by atoms with Crippen molar-refractivity contribution >= 4 is 23.5 Å². The first kappa shape index (κ1) is 13.7. The van der Waals surface area contributed by atoms with Crippen LogP contribution in [0, 0.1) is 6.92 Å². The van der Waals surface area contributed by atoms with Crippen molar-refractivity contribution < 1.29 is 19.5 Å². The average Bonchev–Trinajstić information content (AvgIpc) is 2.26. The van der Waals surface area contributed by atoms with Gasteiger partial charge in [0.25, 0.3) is 5.91 Å². The highest BCUT2D eigenvalue weighted by Gasteiger charge is 2.13. The number of carboxylic acids is 1. The van der Waals surface area contributed by atoms with Crippen molar-refractivity contribution in [3.05, 3.63) is 29.3 Å². The molecule has 0 spiro atoms. The molecule has 18 heavy (non-hydrogen) atoms. The number of aryl methyl sites for hydroxylation is 1. The van der Waals surface area contributed by atoms with Crippen LogP contribution in [-0.4, -0.2) is 22.9 Å². The molecule has 6 nitrogen and oxygen atoms in total. The average molecular weight is 250 g/mol. The standard InChI is InChI=1S/C12H14N2O4/c1-7-3-2-4-8(11(7)12(13)18)14-9(15)5-6-10(16)17/h2-4H,5-6H2,1H3,(H2,13,18)(H,14,15)(H,16,17). The van der Waals surface area contributed by atoms with Crippen LogP contribution in [0.15, 0.2) is 18.2 Å². The van der Waals surface area contributed by atoms with Gasteiger partial charge in [0, 0.05) is 6.42 Å². The molecule has 1 rings (SSSR count). The zero-order valence-corrected chi connectivity index (χ0v) is 9.90. The third-order valence-electron chi connectivity index (χ3n) is 2.36. The van der Waals surface area contributed by atoms with E-state index in [2.05, 4.69) is 5.32 Å². The summed E-state index contributed by atoms with van der Waals surface area (Å²) in [6.07, 6.45) is -0.412. The Morgan fingerprint density at radius 1 is 1.28 bits per heavy atom. The third kappa shape index (κ3) is 3.58. The van der Waals surface area contributed by atoms with Crippen molar-refractivity contribution in [2.75, 3.05) is 5.32 Å². The summed E-state index contributed by atoms with van der Waals surface area (Å²) in [4.78, 5) is 33.1. The zero-order valence-electron chi connectivity index (χ0n) is 9.90. The highest BCUT2D eigenvalue weighted by Crippen LogP contribution is 2.19. The van der Waals surface area contributed by atoms with E-state index in [1.165, 1.54) is 0 Å². The molecule has 4 N–H and O–H groups in total. The molecule has 0 aromatic heterocycles. The van der Waals surface area contributed by atoms with Crippen molar-refractivity contribution in [2.45, 2.75) is 19.8 Å². The maximum Gasteiger partial charge on any atom is 0.303 e. The Morgan fingerprint density at radius 3 is 2.50 bits per heavy atom. The summed E-state index contributed by atoms with van der Waals surface area (Å²) >= 11 is 0. The van der Waals surface area contributed by atoms with Crippen molar-refractivity contribution in [1.29, 1.82) is 0 Å². The molecule has 0 saturated heterocycles. The molecule has 0 aliphatic carbocycles. The van der Waals surface area contributed by atoms with E-state index in [0.717, 1.165) is 0 Å². The molecule has 6 heteroatoms. The summed E-state index contributed by atoms with van der Waals surface area (Å²) in [5.41, 5.74) is 6.42. The molecule has 0 bridgehead atoms. The Balaban J connectivity index is 2.84. The van der Waals surface area contributed by atoms with Crippen LogP contribution < -0.4 is 11.1 Å². The zero-order chi connectivity index (χ0) is 13.7. The lowest BCUT2D eigenvalue weighted by Gasteiger charge is -2.10. The monoisotopic (exact) mass is 250 g/mol. The fourth-order valence-corrected chi connectivity index (χ4v) is 1.53. The maximum atomic E-state index is 11.5. The Labute approximate surface area is 104 Å². The molecule has 0 heterocycles. The van der Waals surface area contributed by atoms with Crippen molar-refractivity contribution in [3.8, 4) is 0 Å². The summed E-state index contributed by atoms with van der Waals surface area (Å²) in [5.74, 6) is -2.16. The Bertz CT molecular complexity index is 497. The van der Waals surface area contributed by atoms with Gasteiger partial charge >= 0.3 is 5.97 Å². The van der Waals surface area contributed by atoms with Gasteiger partial charge in [-0.2, -0.15) is 0 Å². The van der Waals surface area contributed by atoms with E-state index in [1.807, 2.05) is 0 Å². The van der Waals surface area contributed by atoms with Crippen LogP contribution in [0.1, 0.15) is 28.8 Å². The van der Waals surface area contributed by atoms with Crippen LogP contribution in [0.4, 0.5) is 5.69 Å². The largest absolute Gasteiger partial charge is 0.481 e. The van der Waals surface area contributed by atoms with Gasteiger partial charge in [-0.3, -0.25) is 14.4 Å². The molecule has 0 aliphatic heterocycles. The molecule has 0 radical (unpaired) electrons. The summed E-state index contributed by atoms with van der Waals surface area (Å²) in [7, 11) is 0. The number of carbonyl (C=O) groups is 3. The first-order valence-electron chi connectivity index (χ1n) is 5.33. The van der Waals surface area contributed by atoms with E-state index in [1.54, 1.807) is 25.1 Å². The summed E-state index contributed by atoms with van der Waals surface area (Å²) in [6.45, 7) is 1.70. The SMILES string of the molecule is Cc1cccc(NC(=O)CCC(=O)O)c1C(N)=O. The van der Waals surface area contributed by atoms with Crippen LogP contribution >= 0.6 is 0 Å². The topological polar surface area (TPSA) is 109 Å². The molecule has 1 aromatic carbocycles. The second-order valence-corrected chi connectivity index (χ2v) is 3.80. The van der Waals surface area contributed by atoms with Gasteiger partial charge < -0.3 is 16.2 Å². The van der Waals surface area contributed by atoms with Gasteiger partial charge in [-0.05, 0) is 18.6 Å². The summed E-state index contributed by atoms with van der Waals surface area (Å²) in [5, 5.41) is 10.9. The van der Waals surface area contributed by atoms with Crippen LogP contribution in [0.25, 0.3) is 0 Å². The van der Waals surface area contributed by atoms with Gasteiger partial charge in [0.05, 0.1) is 17.7 Å². The first-order chi connectivity index (χ1) is 8.41. The van der Waals surface area contributed by atoms with E-state index < -0.39 is 17.8 Å². The van der Waals surface area contributed by atoms with Gasteiger partial charge in [0.2, 0.25) is 5.91 Å². The molecule has 0 saturated carbocycles.